The van der Waals surface area contributed by atoms with Crippen molar-refractivity contribution in [1.29, 1.82) is 0 Å². The summed E-state index contributed by atoms with van der Waals surface area (Å²) in [6, 6.07) is 0.800. The van der Waals surface area contributed by atoms with Crippen molar-refractivity contribution in [2.75, 3.05) is 0 Å². The molecule has 1 N–H and O–H groups in total. The zero-order valence-electron chi connectivity index (χ0n) is 6.56. The van der Waals surface area contributed by atoms with E-state index in [0.29, 0.717) is 0 Å². The van der Waals surface area contributed by atoms with Crippen molar-refractivity contribution in [3.63, 3.8) is 0 Å². The van der Waals surface area contributed by atoms with Gasteiger partial charge in [-0.1, -0.05) is 18.4 Å². The average Bonchev–Trinajstić information content (AvgIpc) is 2.34. The second kappa shape index (κ2) is 2.30. The van der Waals surface area contributed by atoms with E-state index in [1.165, 1.54) is 25.7 Å². The maximum atomic E-state index is 3.45. The molecule has 0 spiro atoms. The molecule has 2 rings (SSSR count). The van der Waals surface area contributed by atoms with E-state index >= 15 is 0 Å². The lowest BCUT2D eigenvalue weighted by molar-refractivity contribution is 0.342. The van der Waals surface area contributed by atoms with Gasteiger partial charge in [0.1, 0.15) is 0 Å². The molecule has 0 aromatic rings. The molecule has 1 heterocycles. The number of hydrogen-bond acceptors (Lipinski definition) is 1. The number of hydrogen-bond donors (Lipinski definition) is 1. The Morgan fingerprint density at radius 2 is 2.20 bits per heavy atom. The van der Waals surface area contributed by atoms with Gasteiger partial charge >= 0.3 is 0 Å². The van der Waals surface area contributed by atoms with E-state index in [1.54, 1.807) is 5.57 Å². The number of nitrogens with one attached hydrogen (secondary N) is 1. The molecule has 1 aliphatic heterocycles. The first-order valence-electron chi connectivity index (χ1n) is 4.30. The highest BCUT2D eigenvalue weighted by molar-refractivity contribution is 5.14. The molecule has 10 heavy (non-hydrogen) atoms. The number of fused-ring (bicyclic) bond motifs is 1. The van der Waals surface area contributed by atoms with Crippen molar-refractivity contribution in [3.8, 4) is 0 Å². The molecule has 2 atom stereocenters. The summed E-state index contributed by atoms with van der Waals surface area (Å²) in [5.74, 6) is 0.883. The third kappa shape index (κ3) is 0.845. The topological polar surface area (TPSA) is 12.0 Å². The number of rotatable bonds is 0. The van der Waals surface area contributed by atoms with E-state index in [9.17, 15) is 0 Å². The van der Waals surface area contributed by atoms with Gasteiger partial charge in [0.2, 0.25) is 0 Å². The molecule has 56 valence electrons. The molecule has 0 bridgehead atoms. The maximum Gasteiger partial charge on any atom is 0.0321 e. The van der Waals surface area contributed by atoms with Gasteiger partial charge in [0.05, 0.1) is 0 Å². The second-order valence-electron chi connectivity index (χ2n) is 3.55. The summed E-state index contributed by atoms with van der Waals surface area (Å²) in [5, 5.41) is 3.45. The lowest BCUT2D eigenvalue weighted by atomic mass is 9.83. The Morgan fingerprint density at radius 1 is 1.40 bits per heavy atom. The minimum Gasteiger partial charge on any atom is -0.388 e. The molecule has 0 amide bonds. The largest absolute Gasteiger partial charge is 0.388 e. The Hall–Kier alpha value is -0.460. The van der Waals surface area contributed by atoms with E-state index in [4.69, 9.17) is 0 Å². The van der Waals surface area contributed by atoms with Crippen molar-refractivity contribution < 1.29 is 0 Å². The van der Waals surface area contributed by atoms with Crippen molar-refractivity contribution >= 4 is 0 Å². The van der Waals surface area contributed by atoms with Crippen molar-refractivity contribution in [1.82, 2.24) is 5.32 Å². The van der Waals surface area contributed by atoms with Crippen LogP contribution in [-0.4, -0.2) is 6.04 Å². The molecule has 1 saturated carbocycles. The van der Waals surface area contributed by atoms with E-state index in [2.05, 4.69) is 18.4 Å². The predicted octanol–water partition coefficient (Wildman–Crippen LogP) is 2.05. The highest BCUT2D eigenvalue weighted by Gasteiger charge is 2.28. The van der Waals surface area contributed by atoms with Gasteiger partial charge in [-0.3, -0.25) is 0 Å². The van der Waals surface area contributed by atoms with Gasteiger partial charge in [-0.2, -0.15) is 0 Å². The highest BCUT2D eigenvalue weighted by atomic mass is 14.9. The molecule has 1 aliphatic carbocycles. The monoisotopic (exact) mass is 137 g/mol. The molecule has 0 radical (unpaired) electrons. The Morgan fingerprint density at radius 3 is 3.00 bits per heavy atom. The first kappa shape index (κ1) is 6.26. The highest BCUT2D eigenvalue weighted by Crippen LogP contribution is 2.32. The van der Waals surface area contributed by atoms with E-state index in [0.717, 1.165) is 12.0 Å². The van der Waals surface area contributed by atoms with Crippen LogP contribution in [0.15, 0.2) is 11.8 Å². The quantitative estimate of drug-likeness (QED) is 0.539. The minimum absolute atomic E-state index is 0.800. The van der Waals surface area contributed by atoms with Crippen molar-refractivity contribution in [2.24, 2.45) is 5.92 Å². The fraction of sp³-hybridized carbons (Fsp3) is 0.778. The summed E-state index contributed by atoms with van der Waals surface area (Å²) in [4.78, 5) is 0. The smallest absolute Gasteiger partial charge is 0.0321 e. The molecule has 0 saturated heterocycles. The first-order valence-corrected chi connectivity index (χ1v) is 4.30. The van der Waals surface area contributed by atoms with Crippen LogP contribution in [0, 0.1) is 5.92 Å². The van der Waals surface area contributed by atoms with Crippen molar-refractivity contribution in [2.45, 2.75) is 38.6 Å². The average molecular weight is 137 g/mol. The second-order valence-corrected chi connectivity index (χ2v) is 3.55. The van der Waals surface area contributed by atoms with Crippen LogP contribution in [0.5, 0.6) is 0 Å². The van der Waals surface area contributed by atoms with Crippen LogP contribution in [0.2, 0.25) is 0 Å². The molecular weight excluding hydrogens is 122 g/mol. The van der Waals surface area contributed by atoms with Gasteiger partial charge in [0, 0.05) is 12.0 Å². The lowest BCUT2D eigenvalue weighted by Crippen LogP contribution is -2.30. The van der Waals surface area contributed by atoms with Gasteiger partial charge in [0.25, 0.3) is 0 Å². The summed E-state index contributed by atoms with van der Waals surface area (Å²) < 4.78 is 0. The summed E-state index contributed by atoms with van der Waals surface area (Å²) >= 11 is 0. The maximum absolute atomic E-state index is 3.45. The standard InChI is InChI=1S/C9H15N/c1-7-6-10-9-5-3-2-4-8(7)9/h6,8-10H,2-5H2,1H3. The molecule has 0 aromatic carbocycles. The Labute approximate surface area is 62.5 Å². The summed E-state index contributed by atoms with van der Waals surface area (Å²) in [6.45, 7) is 2.25. The van der Waals surface area contributed by atoms with E-state index in [1.807, 2.05) is 0 Å². The molecule has 2 aliphatic rings. The van der Waals surface area contributed by atoms with Crippen LogP contribution in [-0.2, 0) is 0 Å². The molecule has 1 nitrogen and oxygen atoms in total. The van der Waals surface area contributed by atoms with Gasteiger partial charge in [-0.05, 0) is 26.0 Å². The molecule has 2 unspecified atom stereocenters. The van der Waals surface area contributed by atoms with E-state index < -0.39 is 0 Å². The third-order valence-corrected chi connectivity index (χ3v) is 2.88. The van der Waals surface area contributed by atoms with Gasteiger partial charge in [0.15, 0.2) is 0 Å². The third-order valence-electron chi connectivity index (χ3n) is 2.88. The normalized spacial score (nSPS) is 38.3. The van der Waals surface area contributed by atoms with Gasteiger partial charge in [-0.25, -0.2) is 0 Å². The molecular formula is C9H15N. The minimum atomic E-state index is 0.800. The SMILES string of the molecule is CC1=CNC2CCCCC12. The van der Waals surface area contributed by atoms with Crippen LogP contribution in [0.25, 0.3) is 0 Å². The zero-order chi connectivity index (χ0) is 6.97. The lowest BCUT2D eigenvalue weighted by Gasteiger charge is -2.26. The van der Waals surface area contributed by atoms with E-state index in [-0.39, 0.29) is 0 Å². The fourth-order valence-corrected chi connectivity index (χ4v) is 2.22. The summed E-state index contributed by atoms with van der Waals surface area (Å²) in [6.07, 6.45) is 7.88. The summed E-state index contributed by atoms with van der Waals surface area (Å²) in [5.41, 5.74) is 1.57. The Bertz CT molecular complexity index is 160. The van der Waals surface area contributed by atoms with Gasteiger partial charge < -0.3 is 5.32 Å². The molecule has 1 fully saturated rings. The van der Waals surface area contributed by atoms with Crippen LogP contribution in [0.4, 0.5) is 0 Å². The van der Waals surface area contributed by atoms with Crippen LogP contribution in [0.3, 0.4) is 0 Å². The predicted molar refractivity (Wildman–Crippen MR) is 42.6 cm³/mol. The van der Waals surface area contributed by atoms with Crippen molar-refractivity contribution in [3.05, 3.63) is 11.8 Å². The fourth-order valence-electron chi connectivity index (χ4n) is 2.22. The van der Waals surface area contributed by atoms with Crippen LogP contribution < -0.4 is 5.32 Å². The first-order chi connectivity index (χ1) is 4.88. The Kier molecular flexibility index (Phi) is 1.44. The zero-order valence-corrected chi connectivity index (χ0v) is 6.56. The Balaban J connectivity index is 2.08. The van der Waals surface area contributed by atoms with Crippen LogP contribution in [0.1, 0.15) is 32.6 Å². The summed E-state index contributed by atoms with van der Waals surface area (Å²) in [7, 11) is 0. The van der Waals surface area contributed by atoms with Crippen LogP contribution >= 0.6 is 0 Å². The van der Waals surface area contributed by atoms with Gasteiger partial charge in [-0.15, -0.1) is 0 Å². The molecule has 0 aromatic heterocycles. The molecule has 1 heteroatoms.